The second-order valence-corrected chi connectivity index (χ2v) is 7.13. The average Bonchev–Trinajstić information content (AvgIpc) is 2.14. The van der Waals surface area contributed by atoms with Crippen LogP contribution in [0.2, 0.25) is 0 Å². The predicted octanol–water partition coefficient (Wildman–Crippen LogP) is -0.0893. The Labute approximate surface area is 97.7 Å². The Balaban J connectivity index is 4.19. The Morgan fingerprint density at radius 3 is 2.31 bits per heavy atom. The third kappa shape index (κ3) is 5.46. The minimum absolute atomic E-state index is 0.0817. The Hall–Kier alpha value is -0.620. The minimum atomic E-state index is -2.99. The van der Waals surface area contributed by atoms with Gasteiger partial charge in [-0.25, -0.2) is 8.42 Å². The summed E-state index contributed by atoms with van der Waals surface area (Å²) in [5.74, 6) is -0.179. The first-order valence-electron chi connectivity index (χ1n) is 5.34. The molecular formula is C10H22N2O3S. The molecule has 3 N–H and O–H groups in total. The fraction of sp³-hybridized carbons (Fsp3) is 0.900. The molecule has 0 aliphatic carbocycles. The van der Waals surface area contributed by atoms with Crippen molar-refractivity contribution in [2.24, 2.45) is 11.1 Å². The van der Waals surface area contributed by atoms with Crippen molar-refractivity contribution in [3.63, 3.8) is 0 Å². The van der Waals surface area contributed by atoms with Gasteiger partial charge in [0.2, 0.25) is 5.91 Å². The summed E-state index contributed by atoms with van der Waals surface area (Å²) in [7, 11) is -2.99. The van der Waals surface area contributed by atoms with Crippen LogP contribution in [-0.2, 0) is 14.6 Å². The number of sulfone groups is 1. The van der Waals surface area contributed by atoms with Crippen molar-refractivity contribution in [3.8, 4) is 0 Å². The maximum Gasteiger partial charge on any atom is 0.224 e. The van der Waals surface area contributed by atoms with E-state index in [1.807, 2.05) is 0 Å². The van der Waals surface area contributed by atoms with Gasteiger partial charge in [-0.3, -0.25) is 4.79 Å². The van der Waals surface area contributed by atoms with Crippen LogP contribution in [0.1, 0.15) is 27.7 Å². The Morgan fingerprint density at radius 1 is 1.44 bits per heavy atom. The van der Waals surface area contributed by atoms with Crippen molar-refractivity contribution < 1.29 is 13.2 Å². The quantitative estimate of drug-likeness (QED) is 0.661. The highest BCUT2D eigenvalue weighted by Crippen LogP contribution is 2.12. The van der Waals surface area contributed by atoms with Gasteiger partial charge in [-0.05, 0) is 20.8 Å². The Morgan fingerprint density at radius 2 is 1.94 bits per heavy atom. The summed E-state index contributed by atoms with van der Waals surface area (Å²) in [4.78, 5) is 11.0. The van der Waals surface area contributed by atoms with E-state index in [0.29, 0.717) is 6.54 Å². The summed E-state index contributed by atoms with van der Waals surface area (Å²) in [5.41, 5.74) is 4.55. The number of carbonyl (C=O) groups excluding carboxylic acids is 1. The molecule has 5 nitrogen and oxygen atoms in total. The average molecular weight is 250 g/mol. The molecule has 0 aromatic carbocycles. The monoisotopic (exact) mass is 250 g/mol. The molecule has 0 aliphatic heterocycles. The first-order chi connectivity index (χ1) is 7.10. The van der Waals surface area contributed by atoms with Gasteiger partial charge in [-0.15, -0.1) is 0 Å². The van der Waals surface area contributed by atoms with Gasteiger partial charge in [-0.1, -0.05) is 6.92 Å². The number of amides is 1. The van der Waals surface area contributed by atoms with Crippen LogP contribution in [0.25, 0.3) is 0 Å². The molecule has 0 saturated carbocycles. The Bertz CT molecular complexity index is 336. The van der Waals surface area contributed by atoms with Gasteiger partial charge in [0.15, 0.2) is 9.84 Å². The van der Waals surface area contributed by atoms with Crippen LogP contribution in [0.4, 0.5) is 0 Å². The topological polar surface area (TPSA) is 89.3 Å². The number of hydrogen-bond donors (Lipinski definition) is 2. The maximum absolute atomic E-state index is 11.3. The van der Waals surface area contributed by atoms with E-state index in [2.05, 4.69) is 5.32 Å². The van der Waals surface area contributed by atoms with Crippen molar-refractivity contribution in [2.75, 3.05) is 18.1 Å². The van der Waals surface area contributed by atoms with Crippen molar-refractivity contribution in [1.82, 2.24) is 5.32 Å². The standard InChI is InChI=1S/C10H22N2O3S/c1-5-16(14,15)6-8(2)12-7-10(3,4)9(11)13/h8,12H,5-7H2,1-4H3,(H2,11,13). The fourth-order valence-corrected chi connectivity index (χ4v) is 2.19. The van der Waals surface area contributed by atoms with E-state index in [-0.39, 0.29) is 17.5 Å². The van der Waals surface area contributed by atoms with Gasteiger partial charge in [0.25, 0.3) is 0 Å². The van der Waals surface area contributed by atoms with E-state index in [1.165, 1.54) is 0 Å². The van der Waals surface area contributed by atoms with E-state index >= 15 is 0 Å². The number of primary amides is 1. The second kappa shape index (κ2) is 5.63. The summed E-state index contributed by atoms with van der Waals surface area (Å²) in [6, 6.07) is -0.177. The van der Waals surface area contributed by atoms with Crippen molar-refractivity contribution in [1.29, 1.82) is 0 Å². The van der Waals surface area contributed by atoms with Crippen molar-refractivity contribution >= 4 is 15.7 Å². The van der Waals surface area contributed by atoms with E-state index < -0.39 is 21.2 Å². The highest BCUT2D eigenvalue weighted by atomic mass is 32.2. The van der Waals surface area contributed by atoms with Crippen LogP contribution >= 0.6 is 0 Å². The highest BCUT2D eigenvalue weighted by Gasteiger charge is 2.25. The van der Waals surface area contributed by atoms with E-state index in [9.17, 15) is 13.2 Å². The molecule has 0 aromatic rings. The van der Waals surface area contributed by atoms with Gasteiger partial charge in [0, 0.05) is 18.3 Å². The number of rotatable bonds is 7. The minimum Gasteiger partial charge on any atom is -0.369 e. The molecule has 0 aliphatic rings. The van der Waals surface area contributed by atoms with E-state index in [1.54, 1.807) is 27.7 Å². The van der Waals surface area contributed by atoms with Crippen molar-refractivity contribution in [3.05, 3.63) is 0 Å². The smallest absolute Gasteiger partial charge is 0.224 e. The molecule has 1 unspecified atom stereocenters. The van der Waals surface area contributed by atoms with Gasteiger partial charge < -0.3 is 11.1 Å². The zero-order valence-electron chi connectivity index (χ0n) is 10.4. The lowest BCUT2D eigenvalue weighted by Gasteiger charge is -2.23. The summed E-state index contributed by atoms with van der Waals surface area (Å²) < 4.78 is 22.7. The maximum atomic E-state index is 11.3. The summed E-state index contributed by atoms with van der Waals surface area (Å²) in [5, 5.41) is 3.01. The largest absolute Gasteiger partial charge is 0.369 e. The van der Waals surface area contributed by atoms with Crippen molar-refractivity contribution in [2.45, 2.75) is 33.7 Å². The van der Waals surface area contributed by atoms with Crippen LogP contribution in [0.15, 0.2) is 0 Å². The normalized spacial score (nSPS) is 14.8. The van der Waals surface area contributed by atoms with Crippen LogP contribution < -0.4 is 11.1 Å². The third-order valence-corrected chi connectivity index (χ3v) is 4.39. The molecular weight excluding hydrogens is 228 g/mol. The molecule has 0 fully saturated rings. The highest BCUT2D eigenvalue weighted by molar-refractivity contribution is 7.91. The fourth-order valence-electron chi connectivity index (χ4n) is 1.07. The van der Waals surface area contributed by atoms with Gasteiger partial charge in [0.05, 0.1) is 11.2 Å². The van der Waals surface area contributed by atoms with Crippen LogP contribution in [-0.4, -0.2) is 38.4 Å². The first kappa shape index (κ1) is 15.4. The van der Waals surface area contributed by atoms with Crippen LogP contribution in [0.5, 0.6) is 0 Å². The summed E-state index contributed by atoms with van der Waals surface area (Å²) in [6.45, 7) is 7.23. The van der Waals surface area contributed by atoms with Crippen LogP contribution in [0.3, 0.4) is 0 Å². The summed E-state index contributed by atoms with van der Waals surface area (Å²) in [6.07, 6.45) is 0. The predicted molar refractivity (Wildman–Crippen MR) is 64.8 cm³/mol. The van der Waals surface area contributed by atoms with Gasteiger partial charge in [0.1, 0.15) is 0 Å². The molecule has 1 atom stereocenters. The molecule has 0 spiro atoms. The molecule has 0 radical (unpaired) electrons. The molecule has 1 amide bonds. The molecule has 16 heavy (non-hydrogen) atoms. The third-order valence-electron chi connectivity index (χ3n) is 2.50. The molecule has 0 rings (SSSR count). The SMILES string of the molecule is CCS(=O)(=O)CC(C)NCC(C)(C)C(N)=O. The second-order valence-electron chi connectivity index (χ2n) is 4.73. The molecule has 0 aromatic heterocycles. The van der Waals surface area contributed by atoms with Gasteiger partial charge >= 0.3 is 0 Å². The summed E-state index contributed by atoms with van der Waals surface area (Å²) >= 11 is 0. The molecule has 96 valence electrons. The van der Waals surface area contributed by atoms with E-state index in [4.69, 9.17) is 5.73 Å². The lowest BCUT2D eigenvalue weighted by atomic mass is 9.92. The molecule has 6 heteroatoms. The first-order valence-corrected chi connectivity index (χ1v) is 7.16. The molecule has 0 heterocycles. The molecule has 0 bridgehead atoms. The number of nitrogens with one attached hydrogen (secondary N) is 1. The van der Waals surface area contributed by atoms with Gasteiger partial charge in [-0.2, -0.15) is 0 Å². The number of carbonyl (C=O) groups is 1. The zero-order valence-corrected chi connectivity index (χ0v) is 11.2. The lowest BCUT2D eigenvalue weighted by molar-refractivity contribution is -0.125. The molecule has 0 saturated heterocycles. The number of hydrogen-bond acceptors (Lipinski definition) is 4. The lowest BCUT2D eigenvalue weighted by Crippen LogP contribution is -2.45. The number of nitrogens with two attached hydrogens (primary N) is 1. The zero-order chi connectivity index (χ0) is 13.0. The van der Waals surface area contributed by atoms with Crippen LogP contribution in [0, 0.1) is 5.41 Å². The Kier molecular flexibility index (Phi) is 5.41. The van der Waals surface area contributed by atoms with E-state index in [0.717, 1.165) is 0 Å².